The van der Waals surface area contributed by atoms with Crippen molar-refractivity contribution in [3.63, 3.8) is 0 Å². The summed E-state index contributed by atoms with van der Waals surface area (Å²) in [5.74, 6) is -3.33. The molecule has 6 aromatic rings. The molecule has 4 fully saturated rings. The van der Waals surface area contributed by atoms with E-state index in [2.05, 4.69) is 0 Å². The highest BCUT2D eigenvalue weighted by molar-refractivity contribution is 5.92. The van der Waals surface area contributed by atoms with E-state index in [-0.39, 0.29) is 148 Å². The van der Waals surface area contributed by atoms with Gasteiger partial charge in [-0.15, -0.1) is 0 Å². The van der Waals surface area contributed by atoms with E-state index in [4.69, 9.17) is 109 Å². The molecule has 0 aliphatic carbocycles. The third-order valence-corrected chi connectivity index (χ3v) is 16.2. The minimum atomic E-state index is -1.47. The van der Waals surface area contributed by atoms with E-state index in [1.165, 1.54) is 72.8 Å². The van der Waals surface area contributed by atoms with Crippen LogP contribution in [0.4, 0.5) is 19.2 Å². The molecule has 6 heterocycles. The molecular weight excluding hydrogens is 1400 g/mol. The predicted molar refractivity (Wildman–Crippen MR) is 368 cm³/mol. The van der Waals surface area contributed by atoms with Gasteiger partial charge < -0.3 is 104 Å². The van der Waals surface area contributed by atoms with Crippen molar-refractivity contribution in [1.29, 1.82) is 0 Å². The summed E-state index contributed by atoms with van der Waals surface area (Å²) in [6, 6.07) is 31.2. The number of carbonyl (C=O) groups excluding carboxylic acids is 7. The van der Waals surface area contributed by atoms with Crippen LogP contribution in [0.1, 0.15) is 73.9 Å². The van der Waals surface area contributed by atoms with Crippen LogP contribution in [0.3, 0.4) is 0 Å². The van der Waals surface area contributed by atoms with Crippen LogP contribution in [0.5, 0.6) is 57.5 Å². The highest BCUT2D eigenvalue weighted by Gasteiger charge is 2.54. The Hall–Kier alpha value is -11.2. The Labute approximate surface area is 612 Å². The highest BCUT2D eigenvalue weighted by atomic mass is 17.2. The number of epoxide rings is 4. The van der Waals surface area contributed by atoms with Crippen molar-refractivity contribution in [2.24, 2.45) is 0 Å². The van der Waals surface area contributed by atoms with Gasteiger partial charge in [0.15, 0.2) is 44.4 Å². The van der Waals surface area contributed by atoms with E-state index >= 15 is 0 Å². The average molecular weight is 1480 g/mol. The maximum Gasteiger partial charge on any atom is 0.515 e. The van der Waals surface area contributed by atoms with Crippen molar-refractivity contribution < 1.29 is 143 Å². The summed E-state index contributed by atoms with van der Waals surface area (Å²) in [6.45, 7) is 10.0. The Morgan fingerprint density at radius 3 is 0.991 bits per heavy atom. The van der Waals surface area contributed by atoms with Crippen molar-refractivity contribution in [3.8, 4) is 57.5 Å². The van der Waals surface area contributed by atoms with Crippen LogP contribution in [0.2, 0.25) is 0 Å². The first-order chi connectivity index (χ1) is 51.7. The minimum Gasteiger partial charge on any atom is -0.452 e. The maximum atomic E-state index is 13.9. The zero-order valence-electron chi connectivity index (χ0n) is 58.3. The topological polar surface area (TPSA) is 345 Å². The second-order valence-corrected chi connectivity index (χ2v) is 25.9. The van der Waals surface area contributed by atoms with E-state index in [1.807, 2.05) is 27.7 Å². The number of esters is 3. The molecule has 5 atom stereocenters. The quantitative estimate of drug-likeness (QED) is 0.00346. The van der Waals surface area contributed by atoms with Crippen LogP contribution in [0.15, 0.2) is 146 Å². The summed E-state index contributed by atoms with van der Waals surface area (Å²) < 4.78 is 114. The first-order valence-corrected chi connectivity index (χ1v) is 33.7. The lowest BCUT2D eigenvalue weighted by molar-refractivity contribution is -0.197. The van der Waals surface area contributed by atoms with Crippen LogP contribution in [-0.2, 0) is 86.9 Å². The first kappa shape index (κ1) is 75.5. The molecule has 30 heteroatoms. The largest absolute Gasteiger partial charge is 0.515 e. The fourth-order valence-corrected chi connectivity index (χ4v) is 10.8. The third kappa shape index (κ3) is 23.7. The number of hydrogen-bond acceptors (Lipinski definition) is 30. The molecule has 562 valence electrons. The van der Waals surface area contributed by atoms with Crippen LogP contribution >= 0.6 is 0 Å². The van der Waals surface area contributed by atoms with Gasteiger partial charge in [-0.1, -0.05) is 88.4 Å². The van der Waals surface area contributed by atoms with E-state index in [0.717, 1.165) is 17.7 Å². The Morgan fingerprint density at radius 2 is 0.673 bits per heavy atom. The summed E-state index contributed by atoms with van der Waals surface area (Å²) >= 11 is 0. The number of rotatable bonds is 34. The number of carbonyl (C=O) groups is 7. The Kier molecular flexibility index (Phi) is 24.9. The van der Waals surface area contributed by atoms with Crippen molar-refractivity contribution in [1.82, 2.24) is 0 Å². The molecule has 30 nitrogen and oxygen atoms in total. The summed E-state index contributed by atoms with van der Waals surface area (Å²) in [5.41, 5.74) is 1.81. The summed E-state index contributed by atoms with van der Waals surface area (Å²) in [7, 11) is 0. The molecule has 1 spiro atoms. The lowest BCUT2D eigenvalue weighted by Crippen LogP contribution is -2.55. The first-order valence-electron chi connectivity index (χ1n) is 33.7. The van der Waals surface area contributed by atoms with Crippen LogP contribution in [-0.4, -0.2) is 159 Å². The molecule has 0 N–H and O–H groups in total. The Bertz CT molecular complexity index is 4260. The normalized spacial score (nSPS) is 19.4. The molecule has 6 aromatic carbocycles. The van der Waals surface area contributed by atoms with Gasteiger partial charge in [-0.3, -0.25) is 0 Å². The number of hydrogen-bond donors (Lipinski definition) is 0. The number of fused-ring (bicyclic) bond motifs is 2. The fourth-order valence-electron chi connectivity index (χ4n) is 10.8. The fraction of sp³-hybridized carbons (Fsp3) is 0.338. The SMILES string of the molecule is CC1(C)CC2(CC(C)(C)c3cc(OC(=O)/C=C/c4ccc(OC(=O)OCOCC5CO5)cc4)c(OC(=O)/C=C\c4ccc(OC(=O)OCOCC5CO5)cc4)cc3O2)Oc2cc(OC(=O)/C=C/c3ccc(OC(=O)OCOCC4CO4)cc3)c(OOC/C=C/c3ccc(OC(=O)OCOCC4CO4)cc3)cc21. The van der Waals surface area contributed by atoms with E-state index in [1.54, 1.807) is 84.9 Å². The van der Waals surface area contributed by atoms with Crippen LogP contribution < -0.4 is 47.5 Å². The van der Waals surface area contributed by atoms with Crippen molar-refractivity contribution >= 4 is 66.8 Å². The molecule has 4 saturated heterocycles. The molecule has 12 rings (SSSR count). The second-order valence-electron chi connectivity index (χ2n) is 25.9. The van der Waals surface area contributed by atoms with E-state index in [0.29, 0.717) is 60.9 Å². The molecule has 0 bridgehead atoms. The monoisotopic (exact) mass is 1480 g/mol. The van der Waals surface area contributed by atoms with E-state index < -0.39 is 59.1 Å². The summed E-state index contributed by atoms with van der Waals surface area (Å²) in [6.07, 6.45) is 7.80. The lowest BCUT2D eigenvalue weighted by atomic mass is 9.69. The number of benzene rings is 6. The van der Waals surface area contributed by atoms with Crippen LogP contribution in [0, 0.1) is 0 Å². The van der Waals surface area contributed by atoms with Gasteiger partial charge in [-0.05, 0) is 101 Å². The van der Waals surface area contributed by atoms with Crippen molar-refractivity contribution in [3.05, 3.63) is 179 Å². The van der Waals surface area contributed by atoms with E-state index in [9.17, 15) is 33.6 Å². The Balaban J connectivity index is 0.756. The molecule has 0 amide bonds. The van der Waals surface area contributed by atoms with Gasteiger partial charge in [-0.2, -0.15) is 4.89 Å². The number of ether oxygens (including phenoxy) is 21. The minimum absolute atomic E-state index is 0.00686. The molecule has 0 aromatic heterocycles. The zero-order chi connectivity index (χ0) is 74.8. The predicted octanol–water partition coefficient (Wildman–Crippen LogP) is 11.6. The average Bonchev–Trinajstić information content (AvgIpc) is 1.02. The standard InChI is InChI=1S/C77H74O30/c1-75(2)42-77(105-62-32-65(103-69(79)27-16-50-11-22-54(23-12-50)100-73(83)95-46-87-36-58-40-91-58)64(30-60(62)75)102-68(78)26-15-49-9-20-53(21-10-49)99-72(82)94-45-86-35-57-39-90-57)43-76(3,4)61-31-67(107-97-29-5-6-48-7-18-52(19-8-48)98-71(81)93-44-85-34-56-38-89-56)66(33-63(61)106-77)104-70(80)28-17-51-13-24-55(25-14-51)101-74(84)96-47-88-37-59-41-92-59/h5-28,30-33,56-59H,29,34-47H2,1-4H3/b6-5+,26-15+,27-16-,28-17+. The van der Waals surface area contributed by atoms with Gasteiger partial charge in [0, 0.05) is 65.2 Å². The molecule has 107 heavy (non-hydrogen) atoms. The molecule has 0 radical (unpaired) electrons. The third-order valence-electron chi connectivity index (χ3n) is 16.2. The highest BCUT2D eigenvalue weighted by Crippen LogP contribution is 2.57. The Morgan fingerprint density at radius 1 is 0.383 bits per heavy atom. The second kappa shape index (κ2) is 35.3. The van der Waals surface area contributed by atoms with Gasteiger partial charge in [-0.25, -0.2) is 33.6 Å². The van der Waals surface area contributed by atoms with Crippen molar-refractivity contribution in [2.45, 2.75) is 81.6 Å². The van der Waals surface area contributed by atoms with Gasteiger partial charge in [0.05, 0.1) is 52.9 Å². The summed E-state index contributed by atoms with van der Waals surface area (Å²) in [4.78, 5) is 102. The molecular formula is C77H74O30. The molecule has 0 saturated carbocycles. The zero-order valence-corrected chi connectivity index (χ0v) is 58.3. The van der Waals surface area contributed by atoms with Gasteiger partial charge in [0.25, 0.3) is 5.79 Å². The van der Waals surface area contributed by atoms with Gasteiger partial charge >= 0.3 is 42.5 Å². The lowest BCUT2D eigenvalue weighted by Gasteiger charge is -2.51. The smallest absolute Gasteiger partial charge is 0.452 e. The summed E-state index contributed by atoms with van der Waals surface area (Å²) in [5, 5.41) is 0. The van der Waals surface area contributed by atoms with Crippen molar-refractivity contribution in [2.75, 3.05) is 86.6 Å². The molecule has 6 aliphatic heterocycles. The van der Waals surface area contributed by atoms with Crippen LogP contribution in [0.25, 0.3) is 24.3 Å². The maximum absolute atomic E-state index is 13.9. The molecule has 6 aliphatic rings. The van der Waals surface area contributed by atoms with Gasteiger partial charge in [0.2, 0.25) is 5.75 Å². The van der Waals surface area contributed by atoms with Gasteiger partial charge in [0.1, 0.15) is 65.5 Å². The molecule has 5 unspecified atom stereocenters.